The van der Waals surface area contributed by atoms with Crippen molar-refractivity contribution in [3.8, 4) is 0 Å². The zero-order chi connectivity index (χ0) is 15.6. The molecule has 0 spiro atoms. The van der Waals surface area contributed by atoms with Crippen molar-refractivity contribution in [1.29, 1.82) is 0 Å². The van der Waals surface area contributed by atoms with Gasteiger partial charge in [0.15, 0.2) is 0 Å². The van der Waals surface area contributed by atoms with Gasteiger partial charge < -0.3 is 21.1 Å². The van der Waals surface area contributed by atoms with Crippen LogP contribution in [0.3, 0.4) is 0 Å². The van der Waals surface area contributed by atoms with Gasteiger partial charge in [-0.1, -0.05) is 13.8 Å². The van der Waals surface area contributed by atoms with E-state index in [2.05, 4.69) is 10.3 Å². The van der Waals surface area contributed by atoms with Gasteiger partial charge in [-0.3, -0.25) is 4.79 Å². The SMILES string of the molecule is CC(C)CC(C)(O)CNC(=O)c1c[nH]c2ccc(N)cc12. The topological polar surface area (TPSA) is 91.1 Å². The van der Waals surface area contributed by atoms with Gasteiger partial charge in [0.2, 0.25) is 0 Å². The first-order chi connectivity index (χ1) is 9.78. The molecule has 0 bridgehead atoms. The van der Waals surface area contributed by atoms with Crippen LogP contribution in [-0.4, -0.2) is 28.1 Å². The molecule has 2 rings (SSSR count). The van der Waals surface area contributed by atoms with Gasteiger partial charge >= 0.3 is 0 Å². The van der Waals surface area contributed by atoms with Crippen molar-refractivity contribution >= 4 is 22.5 Å². The fourth-order valence-electron chi connectivity index (χ4n) is 2.64. The summed E-state index contributed by atoms with van der Waals surface area (Å²) in [5.41, 5.74) is 6.87. The number of H-pyrrole nitrogens is 1. The summed E-state index contributed by atoms with van der Waals surface area (Å²) < 4.78 is 0. The third-order valence-electron chi connectivity index (χ3n) is 3.43. The highest BCUT2D eigenvalue weighted by Crippen LogP contribution is 2.21. The van der Waals surface area contributed by atoms with Crippen LogP contribution in [-0.2, 0) is 0 Å². The molecule has 0 radical (unpaired) electrons. The maximum atomic E-state index is 12.3. The van der Waals surface area contributed by atoms with Crippen LogP contribution >= 0.6 is 0 Å². The second-order valence-corrected chi connectivity index (χ2v) is 6.28. The molecule has 0 saturated carbocycles. The van der Waals surface area contributed by atoms with E-state index in [0.717, 1.165) is 10.9 Å². The van der Waals surface area contributed by atoms with E-state index in [0.29, 0.717) is 23.6 Å². The third kappa shape index (κ3) is 3.76. The number of aliphatic hydroxyl groups is 1. The molecular weight excluding hydrogens is 266 g/mol. The van der Waals surface area contributed by atoms with Crippen molar-refractivity contribution in [1.82, 2.24) is 10.3 Å². The number of carbonyl (C=O) groups is 1. The molecule has 1 atom stereocenters. The molecule has 0 aliphatic heterocycles. The largest absolute Gasteiger partial charge is 0.399 e. The number of hydrogen-bond acceptors (Lipinski definition) is 3. The molecule has 1 aromatic carbocycles. The van der Waals surface area contributed by atoms with E-state index in [4.69, 9.17) is 5.73 Å². The average Bonchev–Trinajstić information content (AvgIpc) is 2.77. The van der Waals surface area contributed by atoms with Crippen molar-refractivity contribution in [3.05, 3.63) is 30.0 Å². The number of hydrogen-bond donors (Lipinski definition) is 4. The maximum absolute atomic E-state index is 12.3. The Labute approximate surface area is 124 Å². The predicted molar refractivity (Wildman–Crippen MR) is 85.1 cm³/mol. The second-order valence-electron chi connectivity index (χ2n) is 6.28. The lowest BCUT2D eigenvalue weighted by Crippen LogP contribution is -2.41. The lowest BCUT2D eigenvalue weighted by Gasteiger charge is -2.25. The van der Waals surface area contributed by atoms with Gasteiger partial charge in [-0.2, -0.15) is 0 Å². The molecule has 5 nitrogen and oxygen atoms in total. The number of benzene rings is 1. The maximum Gasteiger partial charge on any atom is 0.253 e. The first-order valence-electron chi connectivity index (χ1n) is 7.16. The van der Waals surface area contributed by atoms with Gasteiger partial charge in [-0.15, -0.1) is 0 Å². The fourth-order valence-corrected chi connectivity index (χ4v) is 2.64. The number of nitrogen functional groups attached to an aromatic ring is 1. The van der Waals surface area contributed by atoms with Crippen LogP contribution in [0.1, 0.15) is 37.6 Å². The number of anilines is 1. The van der Waals surface area contributed by atoms with Gasteiger partial charge in [0.25, 0.3) is 5.91 Å². The molecule has 1 unspecified atom stereocenters. The van der Waals surface area contributed by atoms with E-state index in [1.165, 1.54) is 0 Å². The molecule has 5 N–H and O–H groups in total. The van der Waals surface area contributed by atoms with Gasteiger partial charge in [0.05, 0.1) is 11.2 Å². The highest BCUT2D eigenvalue weighted by molar-refractivity contribution is 6.07. The molecular formula is C16H23N3O2. The second kappa shape index (κ2) is 5.77. The van der Waals surface area contributed by atoms with Crippen LogP contribution in [0.4, 0.5) is 5.69 Å². The Kier molecular flexibility index (Phi) is 4.23. The Hall–Kier alpha value is -2.01. The van der Waals surface area contributed by atoms with Gasteiger partial charge in [0.1, 0.15) is 0 Å². The van der Waals surface area contributed by atoms with Gasteiger partial charge in [-0.05, 0) is 37.5 Å². The highest BCUT2D eigenvalue weighted by Gasteiger charge is 2.23. The van der Waals surface area contributed by atoms with E-state index in [1.54, 1.807) is 25.3 Å². The average molecular weight is 289 g/mol. The number of fused-ring (bicyclic) bond motifs is 1. The molecule has 0 aliphatic rings. The summed E-state index contributed by atoms with van der Waals surface area (Å²) in [5.74, 6) is 0.153. The molecule has 1 heterocycles. The lowest BCUT2D eigenvalue weighted by atomic mass is 9.94. The number of amides is 1. The Morgan fingerprint density at radius 2 is 2.19 bits per heavy atom. The first kappa shape index (κ1) is 15.4. The Morgan fingerprint density at radius 1 is 1.48 bits per heavy atom. The number of nitrogens with one attached hydrogen (secondary N) is 2. The molecule has 0 saturated heterocycles. The Balaban J connectivity index is 2.11. The van der Waals surface area contributed by atoms with Crippen LogP contribution in [0.15, 0.2) is 24.4 Å². The number of carbonyl (C=O) groups excluding carboxylic acids is 1. The van der Waals surface area contributed by atoms with Crippen molar-refractivity contribution in [2.24, 2.45) is 5.92 Å². The van der Waals surface area contributed by atoms with Crippen LogP contribution in [0, 0.1) is 5.92 Å². The summed E-state index contributed by atoms with van der Waals surface area (Å²) >= 11 is 0. The molecule has 1 aromatic heterocycles. The molecule has 21 heavy (non-hydrogen) atoms. The van der Waals surface area contributed by atoms with E-state index in [9.17, 15) is 9.90 Å². The summed E-state index contributed by atoms with van der Waals surface area (Å²) in [6.45, 7) is 6.04. The van der Waals surface area contributed by atoms with Crippen molar-refractivity contribution in [2.75, 3.05) is 12.3 Å². The van der Waals surface area contributed by atoms with Crippen molar-refractivity contribution in [3.63, 3.8) is 0 Å². The number of rotatable bonds is 5. The quantitative estimate of drug-likeness (QED) is 0.636. The highest BCUT2D eigenvalue weighted by atomic mass is 16.3. The molecule has 2 aromatic rings. The lowest BCUT2D eigenvalue weighted by molar-refractivity contribution is 0.0368. The number of aromatic amines is 1. The van der Waals surface area contributed by atoms with Crippen LogP contribution in [0.25, 0.3) is 10.9 Å². The molecule has 1 amide bonds. The third-order valence-corrected chi connectivity index (χ3v) is 3.43. The van der Waals surface area contributed by atoms with Crippen LogP contribution in [0.2, 0.25) is 0 Å². The molecule has 0 fully saturated rings. The Morgan fingerprint density at radius 3 is 2.86 bits per heavy atom. The molecule has 0 aliphatic carbocycles. The monoisotopic (exact) mass is 289 g/mol. The summed E-state index contributed by atoms with van der Waals surface area (Å²) in [7, 11) is 0. The molecule has 5 heteroatoms. The van der Waals surface area contributed by atoms with Crippen molar-refractivity contribution < 1.29 is 9.90 Å². The number of aromatic nitrogens is 1. The summed E-state index contributed by atoms with van der Waals surface area (Å²) in [5, 5.41) is 13.8. The first-order valence-corrected chi connectivity index (χ1v) is 7.16. The fraction of sp³-hybridized carbons (Fsp3) is 0.438. The zero-order valence-electron chi connectivity index (χ0n) is 12.7. The minimum Gasteiger partial charge on any atom is -0.399 e. The minimum absolute atomic E-state index is 0.212. The van der Waals surface area contributed by atoms with Gasteiger partial charge in [0, 0.05) is 29.3 Å². The normalized spacial score (nSPS) is 14.3. The Bertz CT molecular complexity index is 644. The summed E-state index contributed by atoms with van der Waals surface area (Å²) in [6, 6.07) is 5.40. The van der Waals surface area contributed by atoms with Gasteiger partial charge in [-0.25, -0.2) is 0 Å². The van der Waals surface area contributed by atoms with E-state index >= 15 is 0 Å². The zero-order valence-corrected chi connectivity index (χ0v) is 12.7. The van der Waals surface area contributed by atoms with Crippen LogP contribution < -0.4 is 11.1 Å². The van der Waals surface area contributed by atoms with Crippen molar-refractivity contribution in [2.45, 2.75) is 32.8 Å². The molecule has 114 valence electrons. The number of nitrogens with two attached hydrogens (primary N) is 1. The van der Waals surface area contributed by atoms with E-state index < -0.39 is 5.60 Å². The predicted octanol–water partition coefficient (Wildman–Crippen LogP) is 2.28. The smallest absolute Gasteiger partial charge is 0.253 e. The summed E-state index contributed by atoms with van der Waals surface area (Å²) in [6.07, 6.45) is 2.30. The van der Waals surface area contributed by atoms with E-state index in [-0.39, 0.29) is 12.5 Å². The standard InChI is InChI=1S/C16H23N3O2/c1-10(2)7-16(3,21)9-19-15(20)13-8-18-14-5-4-11(17)6-12(13)14/h4-6,8,10,18,21H,7,9,17H2,1-3H3,(H,19,20). The van der Waals surface area contributed by atoms with Crippen LogP contribution in [0.5, 0.6) is 0 Å². The van der Waals surface area contributed by atoms with E-state index in [1.807, 2.05) is 19.9 Å². The summed E-state index contributed by atoms with van der Waals surface area (Å²) in [4.78, 5) is 15.3. The minimum atomic E-state index is -0.908.